The molecule has 4 rings (SSSR count). The van der Waals surface area contributed by atoms with Gasteiger partial charge in [-0.1, -0.05) is 29.8 Å². The number of carbonyl (C=O) groups is 2. The number of hydrogen-bond donors (Lipinski definition) is 1. The maximum Gasteiger partial charge on any atom is 0.314 e. The lowest BCUT2D eigenvalue weighted by Gasteiger charge is -2.10. The van der Waals surface area contributed by atoms with Gasteiger partial charge in [0.15, 0.2) is 12.4 Å². The Hall–Kier alpha value is -3.79. The van der Waals surface area contributed by atoms with Crippen LogP contribution in [0.5, 0.6) is 0 Å². The highest BCUT2D eigenvalue weighted by Crippen LogP contribution is 2.18. The maximum atomic E-state index is 12.3. The van der Waals surface area contributed by atoms with Gasteiger partial charge in [-0.2, -0.15) is 10.1 Å². The number of anilines is 1. The van der Waals surface area contributed by atoms with Crippen molar-refractivity contribution in [3.8, 4) is 0 Å². The number of amides is 1. The average Bonchev–Trinajstić information content (AvgIpc) is 3.34. The van der Waals surface area contributed by atoms with Crippen LogP contribution in [0.3, 0.4) is 0 Å². The molecule has 3 heterocycles. The first-order valence-corrected chi connectivity index (χ1v) is 10.2. The smallest absolute Gasteiger partial charge is 0.314 e. The van der Waals surface area contributed by atoms with Crippen molar-refractivity contribution in [2.45, 2.75) is 26.8 Å². The van der Waals surface area contributed by atoms with E-state index in [1.165, 1.54) is 0 Å². The second-order valence-corrected chi connectivity index (χ2v) is 7.54. The van der Waals surface area contributed by atoms with E-state index < -0.39 is 18.5 Å². The van der Waals surface area contributed by atoms with Crippen molar-refractivity contribution in [1.82, 2.24) is 29.4 Å². The number of esters is 1. The molecule has 4 aromatic rings. The van der Waals surface area contributed by atoms with Crippen LogP contribution < -0.4 is 5.32 Å². The summed E-state index contributed by atoms with van der Waals surface area (Å²) in [6, 6.07) is 10.9. The van der Waals surface area contributed by atoms with Crippen LogP contribution in [-0.2, 0) is 27.3 Å². The second-order valence-electron chi connectivity index (χ2n) is 7.13. The highest BCUT2D eigenvalue weighted by molar-refractivity contribution is 6.31. The van der Waals surface area contributed by atoms with Gasteiger partial charge in [-0.25, -0.2) is 14.2 Å². The summed E-state index contributed by atoms with van der Waals surface area (Å²) in [6.45, 7) is 3.67. The number of aryl methyl sites for hydroxylation is 2. The van der Waals surface area contributed by atoms with Crippen molar-refractivity contribution in [2.24, 2.45) is 0 Å². The lowest BCUT2D eigenvalue weighted by molar-refractivity contribution is -0.146. The van der Waals surface area contributed by atoms with Crippen molar-refractivity contribution in [3.63, 3.8) is 0 Å². The van der Waals surface area contributed by atoms with Crippen molar-refractivity contribution < 1.29 is 14.3 Å². The van der Waals surface area contributed by atoms with E-state index in [0.717, 1.165) is 17.0 Å². The molecule has 0 fully saturated rings. The lowest BCUT2D eigenvalue weighted by Crippen LogP contribution is -2.23. The Balaban J connectivity index is 1.32. The van der Waals surface area contributed by atoms with Crippen LogP contribution in [0.2, 0.25) is 5.02 Å². The predicted molar refractivity (Wildman–Crippen MR) is 116 cm³/mol. The Morgan fingerprint density at radius 3 is 2.78 bits per heavy atom. The number of carbonyl (C=O) groups excluding carboxylic acids is 2. The minimum atomic E-state index is -0.616. The molecule has 0 radical (unpaired) electrons. The Morgan fingerprint density at radius 1 is 1.16 bits per heavy atom. The molecular formula is C21H20ClN7O3. The standard InChI is InChI=1S/C21H20ClN7O3/c1-13-9-14(2)29-21(24-13)25-17(27-29)10-20(31)32-12-19(30)26-18-7-8-23-28(18)11-15-5-3-4-6-16(15)22/h3-9H,10-12H2,1-2H3,(H,26,30). The summed E-state index contributed by atoms with van der Waals surface area (Å²) < 4.78 is 8.23. The molecule has 0 unspecified atom stereocenters. The molecule has 3 aromatic heterocycles. The SMILES string of the molecule is Cc1cc(C)n2nc(CC(=O)OCC(=O)Nc3ccnn3Cc3ccccc3Cl)nc2n1. The monoisotopic (exact) mass is 453 g/mol. The fourth-order valence-electron chi connectivity index (χ4n) is 3.14. The highest BCUT2D eigenvalue weighted by atomic mass is 35.5. The van der Waals surface area contributed by atoms with Gasteiger partial charge in [0.25, 0.3) is 11.7 Å². The number of hydrogen-bond acceptors (Lipinski definition) is 7. The largest absolute Gasteiger partial charge is 0.455 e. The van der Waals surface area contributed by atoms with Gasteiger partial charge in [-0.3, -0.25) is 9.59 Å². The Kier molecular flexibility index (Phi) is 6.13. The van der Waals surface area contributed by atoms with E-state index in [-0.39, 0.29) is 12.2 Å². The number of rotatable bonds is 7. The molecule has 0 bridgehead atoms. The molecular weight excluding hydrogens is 434 g/mol. The van der Waals surface area contributed by atoms with E-state index in [1.807, 2.05) is 38.1 Å². The van der Waals surface area contributed by atoms with Crippen LogP contribution >= 0.6 is 11.6 Å². The molecule has 0 atom stereocenters. The Bertz CT molecular complexity index is 1300. The maximum absolute atomic E-state index is 12.3. The zero-order valence-electron chi connectivity index (χ0n) is 17.4. The lowest BCUT2D eigenvalue weighted by atomic mass is 10.2. The third-order valence-electron chi connectivity index (χ3n) is 4.59. The number of nitrogens with one attached hydrogen (secondary N) is 1. The van der Waals surface area contributed by atoms with Crippen molar-refractivity contribution in [2.75, 3.05) is 11.9 Å². The molecule has 0 aliphatic heterocycles. The van der Waals surface area contributed by atoms with E-state index >= 15 is 0 Å². The number of aromatic nitrogens is 6. The molecule has 10 nitrogen and oxygen atoms in total. The van der Waals surface area contributed by atoms with Gasteiger partial charge in [-0.05, 0) is 31.5 Å². The molecule has 1 N–H and O–H groups in total. The minimum absolute atomic E-state index is 0.167. The second kappa shape index (κ2) is 9.15. The number of benzene rings is 1. The number of ether oxygens (including phenoxy) is 1. The van der Waals surface area contributed by atoms with Crippen LogP contribution in [0.4, 0.5) is 5.82 Å². The fraction of sp³-hybridized carbons (Fsp3) is 0.238. The van der Waals surface area contributed by atoms with Gasteiger partial charge in [0.05, 0.1) is 12.7 Å². The summed E-state index contributed by atoms with van der Waals surface area (Å²) in [6.07, 6.45) is 1.39. The van der Waals surface area contributed by atoms with Crippen molar-refractivity contribution >= 4 is 35.1 Å². The molecule has 32 heavy (non-hydrogen) atoms. The Morgan fingerprint density at radius 2 is 1.97 bits per heavy atom. The summed E-state index contributed by atoms with van der Waals surface area (Å²) in [7, 11) is 0. The first kappa shape index (κ1) is 21.4. The number of fused-ring (bicyclic) bond motifs is 1. The van der Waals surface area contributed by atoms with Gasteiger partial charge in [-0.15, -0.1) is 5.10 Å². The normalized spacial score (nSPS) is 11.0. The summed E-state index contributed by atoms with van der Waals surface area (Å²) in [5.74, 6) is 0.0412. The van der Waals surface area contributed by atoms with Gasteiger partial charge in [0.2, 0.25) is 0 Å². The van der Waals surface area contributed by atoms with E-state index in [9.17, 15) is 9.59 Å². The molecule has 0 saturated carbocycles. The van der Waals surface area contributed by atoms with E-state index in [1.54, 1.807) is 27.5 Å². The topological polar surface area (TPSA) is 116 Å². The average molecular weight is 454 g/mol. The van der Waals surface area contributed by atoms with E-state index in [0.29, 0.717) is 23.2 Å². The van der Waals surface area contributed by atoms with Crippen molar-refractivity contribution in [3.05, 3.63) is 70.4 Å². The molecule has 1 aromatic carbocycles. The van der Waals surface area contributed by atoms with E-state index in [2.05, 4.69) is 25.5 Å². The zero-order valence-corrected chi connectivity index (χ0v) is 18.2. The first-order chi connectivity index (χ1) is 15.4. The number of nitrogens with zero attached hydrogens (tertiary/aromatic N) is 6. The van der Waals surface area contributed by atoms with Gasteiger partial charge < -0.3 is 10.1 Å². The molecule has 164 valence electrons. The first-order valence-electron chi connectivity index (χ1n) is 9.79. The van der Waals surface area contributed by atoms with Gasteiger partial charge in [0.1, 0.15) is 12.2 Å². The molecule has 1 amide bonds. The summed E-state index contributed by atoms with van der Waals surface area (Å²) in [5, 5.41) is 11.7. The third kappa shape index (κ3) is 4.92. The molecule has 0 spiro atoms. The van der Waals surface area contributed by atoms with Crippen LogP contribution in [-0.4, -0.2) is 47.8 Å². The zero-order chi connectivity index (χ0) is 22.7. The summed E-state index contributed by atoms with van der Waals surface area (Å²) >= 11 is 6.19. The van der Waals surface area contributed by atoms with Gasteiger partial charge >= 0.3 is 5.97 Å². The van der Waals surface area contributed by atoms with E-state index in [4.69, 9.17) is 16.3 Å². The summed E-state index contributed by atoms with van der Waals surface area (Å²) in [5.41, 5.74) is 2.52. The van der Waals surface area contributed by atoms with Crippen LogP contribution in [0.25, 0.3) is 5.78 Å². The molecule has 0 aliphatic carbocycles. The van der Waals surface area contributed by atoms with Crippen LogP contribution in [0, 0.1) is 13.8 Å². The quantitative estimate of drug-likeness (QED) is 0.427. The van der Waals surface area contributed by atoms with Gasteiger partial charge in [0, 0.05) is 22.5 Å². The third-order valence-corrected chi connectivity index (χ3v) is 4.96. The number of halogens is 1. The molecule has 11 heteroatoms. The predicted octanol–water partition coefficient (Wildman–Crippen LogP) is 2.36. The summed E-state index contributed by atoms with van der Waals surface area (Å²) in [4.78, 5) is 32.9. The fourth-order valence-corrected chi connectivity index (χ4v) is 3.34. The molecule has 0 saturated heterocycles. The minimum Gasteiger partial charge on any atom is -0.455 e. The van der Waals surface area contributed by atoms with Crippen molar-refractivity contribution in [1.29, 1.82) is 0 Å². The van der Waals surface area contributed by atoms with Crippen LogP contribution in [0.1, 0.15) is 22.8 Å². The highest BCUT2D eigenvalue weighted by Gasteiger charge is 2.15. The van der Waals surface area contributed by atoms with Crippen LogP contribution in [0.15, 0.2) is 42.6 Å². The molecule has 0 aliphatic rings. The Labute approximate surface area is 188 Å².